The number of hydrogen-bond donors (Lipinski definition) is 0. The molecule has 18 heavy (non-hydrogen) atoms. The third kappa shape index (κ3) is 186. The Labute approximate surface area is 117 Å². The van der Waals surface area contributed by atoms with E-state index in [0.29, 0.717) is 0 Å². The van der Waals surface area contributed by atoms with Gasteiger partial charge in [-0.25, -0.2) is 0 Å². The van der Waals surface area contributed by atoms with Crippen molar-refractivity contribution in [1.29, 1.82) is 0 Å². The molecule has 0 rings (SSSR count). The summed E-state index contributed by atoms with van der Waals surface area (Å²) in [6.45, 7) is 23.3. The van der Waals surface area contributed by atoms with E-state index < -0.39 is 0 Å². The van der Waals surface area contributed by atoms with E-state index >= 15 is 0 Å². The van der Waals surface area contributed by atoms with Gasteiger partial charge in [-0.2, -0.15) is 0 Å². The van der Waals surface area contributed by atoms with Crippen molar-refractivity contribution < 1.29 is 0 Å². The summed E-state index contributed by atoms with van der Waals surface area (Å²) in [6, 6.07) is 0. The van der Waals surface area contributed by atoms with Gasteiger partial charge in [0.2, 0.25) is 0 Å². The van der Waals surface area contributed by atoms with Crippen LogP contribution >= 0.6 is 0 Å². The van der Waals surface area contributed by atoms with Crippen LogP contribution in [0.15, 0.2) is 48.6 Å². The molecular formula is C18H36. The Morgan fingerprint density at radius 3 is 1.28 bits per heavy atom. The molecule has 0 atom stereocenters. The maximum absolute atomic E-state index is 3.56. The first-order valence-corrected chi connectivity index (χ1v) is 6.77. The molecule has 0 aromatic heterocycles. The zero-order valence-corrected chi connectivity index (χ0v) is 14.1. The van der Waals surface area contributed by atoms with Gasteiger partial charge in [0.25, 0.3) is 0 Å². The first-order chi connectivity index (χ1) is 8.33. The van der Waals surface area contributed by atoms with E-state index in [0.717, 1.165) is 6.42 Å². The molecule has 108 valence electrons. The fraction of sp³-hybridized carbons (Fsp3) is 0.556. The summed E-state index contributed by atoms with van der Waals surface area (Å²) in [5.41, 5.74) is 2.58. The summed E-state index contributed by atoms with van der Waals surface area (Å²) in [7, 11) is 0. The van der Waals surface area contributed by atoms with Crippen LogP contribution in [0, 0.1) is 0 Å². The molecule has 0 heteroatoms. The minimum Gasteiger partial charge on any atom is -0.103 e. The molecule has 0 spiro atoms. The highest BCUT2D eigenvalue weighted by molar-refractivity contribution is 4.91. The first kappa shape index (κ1) is 25.7. The van der Waals surface area contributed by atoms with Gasteiger partial charge in [0.15, 0.2) is 0 Å². The molecule has 0 aromatic rings. The summed E-state index contributed by atoms with van der Waals surface area (Å²) < 4.78 is 0. The van der Waals surface area contributed by atoms with Gasteiger partial charge in [-0.15, -0.1) is 13.2 Å². The van der Waals surface area contributed by atoms with Crippen molar-refractivity contribution in [3.63, 3.8) is 0 Å². The minimum absolute atomic E-state index is 1.16. The lowest BCUT2D eigenvalue weighted by atomic mass is 10.3. The molecule has 0 radical (unpaired) electrons. The number of hydrogen-bond acceptors (Lipinski definition) is 0. The lowest BCUT2D eigenvalue weighted by Gasteiger charge is -1.80. The molecule has 0 aliphatic rings. The zero-order chi connectivity index (χ0) is 15.4. The molecule has 0 saturated carbocycles. The standard InChI is InChI=1S/C6H12.C5H10.C4H8.C3H6/c1-4-5-6(2)3;1-3-5-4-2;1-4(2)3;1-3-2/h5H,4H2,1-3H3;3,5H,4H2,1-2H3;1H2,2-3H3;3H,1H2,2H3/b;5-3+;;. The summed E-state index contributed by atoms with van der Waals surface area (Å²) in [6.07, 6.45) is 10.5. The van der Waals surface area contributed by atoms with Crippen molar-refractivity contribution in [3.8, 4) is 0 Å². The van der Waals surface area contributed by atoms with Crippen molar-refractivity contribution in [3.05, 3.63) is 48.6 Å². The highest BCUT2D eigenvalue weighted by Crippen LogP contribution is 1.89. The van der Waals surface area contributed by atoms with Crippen LogP contribution in [-0.2, 0) is 0 Å². The second-order valence-corrected chi connectivity index (χ2v) is 4.28. The molecule has 0 nitrogen and oxygen atoms in total. The van der Waals surface area contributed by atoms with Gasteiger partial charge in [0.05, 0.1) is 0 Å². The van der Waals surface area contributed by atoms with Crippen LogP contribution in [-0.4, -0.2) is 0 Å². The smallest absolute Gasteiger partial charge is 0.0377 e. The molecule has 0 aromatic carbocycles. The van der Waals surface area contributed by atoms with Crippen LogP contribution in [0.2, 0.25) is 0 Å². The van der Waals surface area contributed by atoms with Crippen molar-refractivity contribution in [1.82, 2.24) is 0 Å². The Kier molecular flexibility index (Phi) is 42.5. The van der Waals surface area contributed by atoms with Gasteiger partial charge >= 0.3 is 0 Å². The molecule has 0 N–H and O–H groups in total. The summed E-state index contributed by atoms with van der Waals surface area (Å²) in [5, 5.41) is 0. The number of rotatable bonds is 2. The molecule has 0 fully saturated rings. The zero-order valence-electron chi connectivity index (χ0n) is 14.1. The highest BCUT2D eigenvalue weighted by Gasteiger charge is 1.67. The first-order valence-electron chi connectivity index (χ1n) is 6.77. The van der Waals surface area contributed by atoms with Crippen molar-refractivity contribution in [2.24, 2.45) is 0 Å². The van der Waals surface area contributed by atoms with Gasteiger partial charge in [0, 0.05) is 0 Å². The molecule has 0 heterocycles. The van der Waals surface area contributed by atoms with E-state index in [-0.39, 0.29) is 0 Å². The Bertz CT molecular complexity index is 196. The Balaban J connectivity index is -0.0000000750. The Hall–Kier alpha value is -1.04. The number of allylic oxidation sites excluding steroid dienone is 6. The molecule has 0 aliphatic heterocycles. The van der Waals surface area contributed by atoms with Crippen molar-refractivity contribution in [2.45, 2.75) is 68.2 Å². The summed E-state index contributed by atoms with van der Waals surface area (Å²) in [4.78, 5) is 0. The lowest BCUT2D eigenvalue weighted by Crippen LogP contribution is -1.58. The predicted molar refractivity (Wildman–Crippen MR) is 91.2 cm³/mol. The highest BCUT2D eigenvalue weighted by atomic mass is 13.7. The average Bonchev–Trinajstić information content (AvgIpc) is 2.19. The second kappa shape index (κ2) is 29.7. The maximum Gasteiger partial charge on any atom is -0.0377 e. The topological polar surface area (TPSA) is 0 Å². The van der Waals surface area contributed by atoms with E-state index in [9.17, 15) is 0 Å². The molecule has 0 bridgehead atoms. The molecule has 0 saturated heterocycles. The van der Waals surface area contributed by atoms with Crippen LogP contribution < -0.4 is 0 Å². The molecule has 0 aliphatic carbocycles. The second-order valence-electron chi connectivity index (χ2n) is 4.28. The average molecular weight is 252 g/mol. The fourth-order valence-corrected chi connectivity index (χ4v) is 0.644. The fourth-order valence-electron chi connectivity index (χ4n) is 0.644. The summed E-state index contributed by atoms with van der Waals surface area (Å²) >= 11 is 0. The molecule has 0 unspecified atom stereocenters. The van der Waals surface area contributed by atoms with Gasteiger partial charge in [-0.05, 0) is 54.4 Å². The van der Waals surface area contributed by atoms with E-state index in [1.54, 1.807) is 6.08 Å². The van der Waals surface area contributed by atoms with Gasteiger partial charge < -0.3 is 0 Å². The van der Waals surface area contributed by atoms with Crippen LogP contribution in [0.4, 0.5) is 0 Å². The van der Waals surface area contributed by atoms with Crippen LogP contribution in [0.3, 0.4) is 0 Å². The van der Waals surface area contributed by atoms with Gasteiger partial charge in [0.1, 0.15) is 0 Å². The van der Waals surface area contributed by atoms with Crippen molar-refractivity contribution in [2.75, 3.05) is 0 Å². The normalized spacial score (nSPS) is 7.56. The quantitative estimate of drug-likeness (QED) is 0.459. The molecule has 0 amide bonds. The monoisotopic (exact) mass is 252 g/mol. The Morgan fingerprint density at radius 2 is 1.28 bits per heavy atom. The van der Waals surface area contributed by atoms with E-state index in [2.05, 4.69) is 59.1 Å². The van der Waals surface area contributed by atoms with Gasteiger partial charge in [-0.3, -0.25) is 0 Å². The minimum atomic E-state index is 1.16. The van der Waals surface area contributed by atoms with Crippen molar-refractivity contribution >= 4 is 0 Å². The third-order valence-electron chi connectivity index (χ3n) is 1.08. The van der Waals surface area contributed by atoms with E-state index in [1.165, 1.54) is 17.6 Å². The lowest BCUT2D eigenvalue weighted by molar-refractivity contribution is 1.18. The Morgan fingerprint density at radius 1 is 0.944 bits per heavy atom. The largest absolute Gasteiger partial charge is 0.103 e. The third-order valence-corrected chi connectivity index (χ3v) is 1.08. The predicted octanol–water partition coefficient (Wildman–Crippen LogP) is 7.11. The van der Waals surface area contributed by atoms with Crippen LogP contribution in [0.25, 0.3) is 0 Å². The van der Waals surface area contributed by atoms with Crippen LogP contribution in [0.5, 0.6) is 0 Å². The SMILES string of the molecule is C/C=C/CC.C=C(C)C.C=CC.CCC=C(C)C. The van der Waals surface area contributed by atoms with E-state index in [1.807, 2.05) is 27.7 Å². The van der Waals surface area contributed by atoms with Gasteiger partial charge in [-0.1, -0.05) is 49.3 Å². The maximum atomic E-state index is 3.56. The van der Waals surface area contributed by atoms with E-state index in [4.69, 9.17) is 0 Å². The van der Waals surface area contributed by atoms with Crippen LogP contribution in [0.1, 0.15) is 68.2 Å². The molecular weight excluding hydrogens is 216 g/mol. The summed E-state index contributed by atoms with van der Waals surface area (Å²) in [5.74, 6) is 0.